The minimum atomic E-state index is -0.679. The van der Waals surface area contributed by atoms with Gasteiger partial charge in [-0.1, -0.05) is 30.3 Å². The molecule has 2 rings (SSSR count). The van der Waals surface area contributed by atoms with Gasteiger partial charge in [0.05, 0.1) is 5.56 Å². The fourth-order valence-corrected chi connectivity index (χ4v) is 2.19. The molecule has 2 aromatic rings. The van der Waals surface area contributed by atoms with Gasteiger partial charge in [-0.25, -0.2) is 0 Å². The third-order valence-electron chi connectivity index (χ3n) is 3.48. The summed E-state index contributed by atoms with van der Waals surface area (Å²) in [6, 6.07) is 14.9. The zero-order chi connectivity index (χ0) is 16.7. The quantitative estimate of drug-likeness (QED) is 0.696. The van der Waals surface area contributed by atoms with Gasteiger partial charge in [0.25, 0.3) is 5.91 Å². The zero-order valence-corrected chi connectivity index (χ0v) is 13.2. The molecule has 0 saturated carbocycles. The number of phenols is 1. The van der Waals surface area contributed by atoms with Gasteiger partial charge in [0.1, 0.15) is 18.1 Å². The first-order valence-corrected chi connectivity index (χ1v) is 7.59. The maximum absolute atomic E-state index is 11.2. The summed E-state index contributed by atoms with van der Waals surface area (Å²) in [4.78, 5) is 11.2. The lowest BCUT2D eigenvalue weighted by atomic mass is 10.1. The van der Waals surface area contributed by atoms with Gasteiger partial charge < -0.3 is 20.9 Å². The van der Waals surface area contributed by atoms with Crippen LogP contribution in [0.5, 0.6) is 11.5 Å². The second-order valence-corrected chi connectivity index (χ2v) is 5.44. The molecular weight excluding hydrogens is 292 g/mol. The molecule has 4 N–H and O–H groups in total. The van der Waals surface area contributed by atoms with Crippen molar-refractivity contribution >= 4 is 5.91 Å². The molecule has 5 heteroatoms. The Morgan fingerprint density at radius 2 is 2.00 bits per heavy atom. The topological polar surface area (TPSA) is 84.6 Å². The molecule has 0 saturated heterocycles. The molecule has 0 fully saturated rings. The van der Waals surface area contributed by atoms with E-state index in [-0.39, 0.29) is 17.4 Å². The number of carbonyl (C=O) groups excluding carboxylic acids is 1. The third kappa shape index (κ3) is 5.30. The van der Waals surface area contributed by atoms with Crippen LogP contribution in [0.1, 0.15) is 22.8 Å². The molecule has 0 unspecified atom stereocenters. The number of nitrogens with two attached hydrogens (primary N) is 1. The SMILES string of the molecule is C[C@@H](COc1ccc(O)c(C(N)=O)c1)NCCc1ccccc1. The molecule has 1 atom stereocenters. The molecule has 0 aromatic heterocycles. The Labute approximate surface area is 136 Å². The molecule has 0 aliphatic heterocycles. The maximum atomic E-state index is 11.2. The number of hydrogen-bond acceptors (Lipinski definition) is 4. The lowest BCUT2D eigenvalue weighted by Crippen LogP contribution is -2.33. The second-order valence-electron chi connectivity index (χ2n) is 5.44. The van der Waals surface area contributed by atoms with Crippen LogP contribution < -0.4 is 15.8 Å². The summed E-state index contributed by atoms with van der Waals surface area (Å²) >= 11 is 0. The molecule has 2 aromatic carbocycles. The predicted octanol–water partition coefficient (Wildman–Crippen LogP) is 2.09. The number of aromatic hydroxyl groups is 1. The summed E-state index contributed by atoms with van der Waals surface area (Å²) in [6.45, 7) is 3.34. The maximum Gasteiger partial charge on any atom is 0.252 e. The summed E-state index contributed by atoms with van der Waals surface area (Å²) in [6.07, 6.45) is 0.955. The van der Waals surface area contributed by atoms with Crippen molar-refractivity contribution in [1.29, 1.82) is 0 Å². The highest BCUT2D eigenvalue weighted by Crippen LogP contribution is 2.22. The fraction of sp³-hybridized carbons (Fsp3) is 0.278. The molecule has 0 aliphatic rings. The number of benzene rings is 2. The van der Waals surface area contributed by atoms with E-state index >= 15 is 0 Å². The average Bonchev–Trinajstić information content (AvgIpc) is 2.55. The van der Waals surface area contributed by atoms with E-state index in [1.54, 1.807) is 6.07 Å². The molecule has 122 valence electrons. The number of nitrogens with one attached hydrogen (secondary N) is 1. The van der Waals surface area contributed by atoms with Gasteiger partial charge in [-0.2, -0.15) is 0 Å². The molecule has 1 amide bonds. The number of hydrogen-bond donors (Lipinski definition) is 3. The Balaban J connectivity index is 1.77. The van der Waals surface area contributed by atoms with Crippen LogP contribution in [0.15, 0.2) is 48.5 Å². The van der Waals surface area contributed by atoms with Crippen molar-refractivity contribution in [2.24, 2.45) is 5.73 Å². The first-order chi connectivity index (χ1) is 11.1. The van der Waals surface area contributed by atoms with E-state index in [2.05, 4.69) is 17.4 Å². The van der Waals surface area contributed by atoms with Gasteiger partial charge in [0, 0.05) is 6.04 Å². The Bertz CT molecular complexity index is 644. The van der Waals surface area contributed by atoms with E-state index < -0.39 is 5.91 Å². The smallest absolute Gasteiger partial charge is 0.252 e. The summed E-state index contributed by atoms with van der Waals surface area (Å²) in [5, 5.41) is 12.9. The van der Waals surface area contributed by atoms with Gasteiger partial charge in [0.2, 0.25) is 0 Å². The summed E-state index contributed by atoms with van der Waals surface area (Å²) in [5.74, 6) is -0.311. The molecule has 0 spiro atoms. The van der Waals surface area contributed by atoms with Crippen LogP contribution in [0, 0.1) is 0 Å². The van der Waals surface area contributed by atoms with E-state index in [1.807, 2.05) is 25.1 Å². The second kappa shape index (κ2) is 8.19. The summed E-state index contributed by atoms with van der Waals surface area (Å²) in [5.41, 5.74) is 6.55. The van der Waals surface area contributed by atoms with Crippen LogP contribution in [0.3, 0.4) is 0 Å². The largest absolute Gasteiger partial charge is 0.507 e. The summed E-state index contributed by atoms with van der Waals surface area (Å²) < 4.78 is 5.63. The third-order valence-corrected chi connectivity index (χ3v) is 3.48. The lowest BCUT2D eigenvalue weighted by Gasteiger charge is -2.15. The standard InChI is InChI=1S/C18H22N2O3/c1-13(20-10-9-14-5-3-2-4-6-14)12-23-15-7-8-17(21)16(11-15)18(19)22/h2-8,11,13,20-21H,9-10,12H2,1H3,(H2,19,22)/t13-/m0/s1. The van der Waals surface area contributed by atoms with Crippen molar-refractivity contribution in [1.82, 2.24) is 5.32 Å². The van der Waals surface area contributed by atoms with E-state index in [4.69, 9.17) is 10.5 Å². The van der Waals surface area contributed by atoms with Gasteiger partial charge >= 0.3 is 0 Å². The van der Waals surface area contributed by atoms with Crippen LogP contribution in [0.25, 0.3) is 0 Å². The van der Waals surface area contributed by atoms with E-state index in [0.717, 1.165) is 13.0 Å². The number of carbonyl (C=O) groups is 1. The number of rotatable bonds is 8. The highest BCUT2D eigenvalue weighted by molar-refractivity contribution is 5.95. The van der Waals surface area contributed by atoms with Gasteiger partial charge in [-0.15, -0.1) is 0 Å². The highest BCUT2D eigenvalue weighted by atomic mass is 16.5. The van der Waals surface area contributed by atoms with Crippen LogP contribution in [0.4, 0.5) is 0 Å². The first-order valence-electron chi connectivity index (χ1n) is 7.59. The van der Waals surface area contributed by atoms with Gasteiger partial charge in [-0.3, -0.25) is 4.79 Å². The Hall–Kier alpha value is -2.53. The predicted molar refractivity (Wildman–Crippen MR) is 89.7 cm³/mol. The monoisotopic (exact) mass is 314 g/mol. The minimum Gasteiger partial charge on any atom is -0.507 e. The van der Waals surface area contributed by atoms with Crippen molar-refractivity contribution < 1.29 is 14.6 Å². The highest BCUT2D eigenvalue weighted by Gasteiger charge is 2.10. The van der Waals surface area contributed by atoms with Gasteiger partial charge in [-0.05, 0) is 43.7 Å². The van der Waals surface area contributed by atoms with Crippen LogP contribution in [-0.2, 0) is 6.42 Å². The number of amides is 1. The number of ether oxygens (including phenoxy) is 1. The van der Waals surface area contributed by atoms with Crippen molar-refractivity contribution in [3.05, 3.63) is 59.7 Å². The summed E-state index contributed by atoms with van der Waals surface area (Å²) in [7, 11) is 0. The van der Waals surface area contributed by atoms with Crippen LogP contribution in [0.2, 0.25) is 0 Å². The molecule has 0 bridgehead atoms. The molecule has 5 nitrogen and oxygen atoms in total. The van der Waals surface area contributed by atoms with Crippen LogP contribution >= 0.6 is 0 Å². The molecule has 0 heterocycles. The van der Waals surface area contributed by atoms with Crippen LogP contribution in [-0.4, -0.2) is 30.2 Å². The average molecular weight is 314 g/mol. The molecular formula is C18H22N2O3. The van der Waals surface area contributed by atoms with Crippen molar-refractivity contribution in [3.8, 4) is 11.5 Å². The Morgan fingerprint density at radius 1 is 1.26 bits per heavy atom. The fourth-order valence-electron chi connectivity index (χ4n) is 2.19. The minimum absolute atomic E-state index is 0.0622. The van der Waals surface area contributed by atoms with E-state index in [9.17, 15) is 9.90 Å². The van der Waals surface area contributed by atoms with E-state index in [0.29, 0.717) is 12.4 Å². The van der Waals surface area contributed by atoms with E-state index in [1.165, 1.54) is 17.7 Å². The first kappa shape index (κ1) is 16.8. The van der Waals surface area contributed by atoms with Gasteiger partial charge in [0.15, 0.2) is 0 Å². The molecule has 0 aliphatic carbocycles. The number of primary amides is 1. The van der Waals surface area contributed by atoms with Crippen molar-refractivity contribution in [3.63, 3.8) is 0 Å². The van der Waals surface area contributed by atoms with Crippen molar-refractivity contribution in [2.75, 3.05) is 13.2 Å². The molecule has 0 radical (unpaired) electrons. The Kier molecular flexibility index (Phi) is 6.00. The van der Waals surface area contributed by atoms with Crippen molar-refractivity contribution in [2.45, 2.75) is 19.4 Å². The zero-order valence-electron chi connectivity index (χ0n) is 13.2. The molecule has 23 heavy (non-hydrogen) atoms. The normalized spacial score (nSPS) is 11.9. The Morgan fingerprint density at radius 3 is 2.70 bits per heavy atom. The lowest BCUT2D eigenvalue weighted by molar-refractivity contribution is 0.0997.